The highest BCUT2D eigenvalue weighted by atomic mass is 32.1. The maximum Gasteiger partial charge on any atom is 0.323 e. The predicted molar refractivity (Wildman–Crippen MR) is 74.5 cm³/mol. The summed E-state index contributed by atoms with van der Waals surface area (Å²) in [4.78, 5) is 15.6. The Kier molecular flexibility index (Phi) is 3.39. The van der Waals surface area contributed by atoms with Gasteiger partial charge in [-0.2, -0.15) is 0 Å². The molecule has 1 unspecified atom stereocenters. The van der Waals surface area contributed by atoms with Crippen molar-refractivity contribution in [1.29, 1.82) is 0 Å². The van der Waals surface area contributed by atoms with Crippen molar-refractivity contribution in [3.05, 3.63) is 29.8 Å². The van der Waals surface area contributed by atoms with E-state index in [2.05, 4.69) is 10.3 Å². The number of nitrogens with one attached hydrogen (secondary N) is 1. The Balaban J connectivity index is 2.53. The van der Waals surface area contributed by atoms with E-state index in [0.29, 0.717) is 11.3 Å². The van der Waals surface area contributed by atoms with Crippen LogP contribution in [0.25, 0.3) is 0 Å². The van der Waals surface area contributed by atoms with Crippen molar-refractivity contribution < 1.29 is 14.6 Å². The first-order chi connectivity index (χ1) is 9.00. The van der Waals surface area contributed by atoms with E-state index >= 15 is 0 Å². The molecule has 1 atom stereocenters. The highest BCUT2D eigenvalue weighted by Crippen LogP contribution is 2.28. The van der Waals surface area contributed by atoms with Crippen LogP contribution in [0.15, 0.2) is 29.3 Å². The Morgan fingerprint density at radius 2 is 2.16 bits per heavy atom. The Morgan fingerprint density at radius 1 is 1.53 bits per heavy atom. The number of hydrogen-bond donors (Lipinski definition) is 3. The van der Waals surface area contributed by atoms with Crippen molar-refractivity contribution in [3.63, 3.8) is 0 Å². The van der Waals surface area contributed by atoms with Gasteiger partial charge in [-0.15, -0.1) is 0 Å². The first-order valence-corrected chi connectivity index (χ1v) is 5.92. The monoisotopic (exact) mass is 279 g/mol. The van der Waals surface area contributed by atoms with Gasteiger partial charge in [0.1, 0.15) is 11.6 Å². The SMILES string of the molecule is COc1ccc(C2(C(=O)O)CNC(=S)N=C2N)cc1. The lowest BCUT2D eigenvalue weighted by molar-refractivity contribution is -0.140. The smallest absolute Gasteiger partial charge is 0.323 e. The first kappa shape index (κ1) is 13.3. The molecule has 19 heavy (non-hydrogen) atoms. The summed E-state index contributed by atoms with van der Waals surface area (Å²) in [6.45, 7) is 0.0723. The summed E-state index contributed by atoms with van der Waals surface area (Å²) in [7, 11) is 1.54. The molecule has 1 aromatic carbocycles. The van der Waals surface area contributed by atoms with Crippen LogP contribution in [0.1, 0.15) is 5.56 Å². The largest absolute Gasteiger partial charge is 0.497 e. The average Bonchev–Trinajstić information content (AvgIpc) is 2.39. The number of amidine groups is 1. The van der Waals surface area contributed by atoms with Gasteiger partial charge in [0.15, 0.2) is 10.5 Å². The van der Waals surface area contributed by atoms with Gasteiger partial charge in [-0.1, -0.05) is 12.1 Å². The molecule has 1 heterocycles. The van der Waals surface area contributed by atoms with Crippen LogP contribution in [0.5, 0.6) is 5.75 Å². The van der Waals surface area contributed by atoms with Gasteiger partial charge in [-0.05, 0) is 29.9 Å². The molecule has 1 aromatic rings. The summed E-state index contributed by atoms with van der Waals surface area (Å²) >= 11 is 4.87. The number of rotatable bonds is 3. The number of ether oxygens (including phenoxy) is 1. The van der Waals surface area contributed by atoms with Crippen molar-refractivity contribution in [3.8, 4) is 5.75 Å². The summed E-state index contributed by atoms with van der Waals surface area (Å²) in [5.41, 5.74) is 4.94. The van der Waals surface area contributed by atoms with Crippen LogP contribution in [0.3, 0.4) is 0 Å². The van der Waals surface area contributed by atoms with E-state index in [9.17, 15) is 9.90 Å². The summed E-state index contributed by atoms with van der Waals surface area (Å²) in [6, 6.07) is 6.68. The van der Waals surface area contributed by atoms with Crippen LogP contribution in [0.2, 0.25) is 0 Å². The number of carboxylic acids is 1. The highest BCUT2D eigenvalue weighted by Gasteiger charge is 2.46. The number of benzene rings is 1. The number of aliphatic imine (C=N–C) groups is 1. The van der Waals surface area contributed by atoms with E-state index in [0.717, 1.165) is 0 Å². The van der Waals surface area contributed by atoms with Gasteiger partial charge < -0.3 is 20.9 Å². The standard InChI is InChI=1S/C12H13N3O3S/c1-18-8-4-2-7(3-5-8)12(10(16)17)6-14-11(19)15-9(12)13/h2-5H,6H2,1H3,(H,16,17)(H3,13,14,15,19). The van der Waals surface area contributed by atoms with Crippen molar-refractivity contribution in [2.75, 3.05) is 13.7 Å². The summed E-state index contributed by atoms with van der Waals surface area (Å²) in [5.74, 6) is -0.457. The topological polar surface area (TPSA) is 96.9 Å². The number of thiocarbonyl (C=S) groups is 1. The number of methoxy groups -OCH3 is 1. The van der Waals surface area contributed by atoms with E-state index in [4.69, 9.17) is 22.7 Å². The van der Waals surface area contributed by atoms with E-state index in [1.54, 1.807) is 31.4 Å². The summed E-state index contributed by atoms with van der Waals surface area (Å²) in [6.07, 6.45) is 0. The number of aliphatic carboxylic acids is 1. The zero-order valence-corrected chi connectivity index (χ0v) is 11.0. The van der Waals surface area contributed by atoms with Gasteiger partial charge in [0.2, 0.25) is 0 Å². The van der Waals surface area contributed by atoms with Crippen molar-refractivity contribution in [1.82, 2.24) is 5.32 Å². The number of nitrogens with zero attached hydrogens (tertiary/aromatic N) is 1. The zero-order chi connectivity index (χ0) is 14.0. The van der Waals surface area contributed by atoms with Crippen molar-refractivity contribution >= 4 is 29.1 Å². The van der Waals surface area contributed by atoms with Crippen LogP contribution in [-0.2, 0) is 10.2 Å². The van der Waals surface area contributed by atoms with Gasteiger partial charge in [0.05, 0.1) is 7.11 Å². The van der Waals surface area contributed by atoms with Gasteiger partial charge >= 0.3 is 5.97 Å². The Hall–Kier alpha value is -2.15. The molecule has 0 aromatic heterocycles. The lowest BCUT2D eigenvalue weighted by atomic mass is 9.78. The highest BCUT2D eigenvalue weighted by molar-refractivity contribution is 7.80. The molecule has 0 radical (unpaired) electrons. The van der Waals surface area contributed by atoms with Crippen LogP contribution in [0.4, 0.5) is 0 Å². The Labute approximate surface area is 115 Å². The molecular weight excluding hydrogens is 266 g/mol. The number of carboxylic acid groups (broad SMARTS) is 1. The minimum absolute atomic E-state index is 0.0195. The number of hydrogen-bond acceptors (Lipinski definition) is 4. The normalized spacial score (nSPS) is 22.4. The molecule has 2 rings (SSSR count). The molecule has 0 saturated heterocycles. The molecular formula is C12H13N3O3S. The summed E-state index contributed by atoms with van der Waals surface area (Å²) < 4.78 is 5.05. The molecule has 0 aliphatic carbocycles. The molecule has 7 heteroatoms. The second-order valence-corrected chi connectivity index (χ2v) is 4.48. The van der Waals surface area contributed by atoms with Crippen LogP contribution < -0.4 is 15.8 Å². The lowest BCUT2D eigenvalue weighted by Crippen LogP contribution is -2.58. The predicted octanol–water partition coefficient (Wildman–Crippen LogP) is 0.263. The lowest BCUT2D eigenvalue weighted by Gasteiger charge is -2.32. The van der Waals surface area contributed by atoms with Crippen molar-refractivity contribution in [2.24, 2.45) is 10.7 Å². The van der Waals surface area contributed by atoms with E-state index in [1.165, 1.54) is 0 Å². The minimum Gasteiger partial charge on any atom is -0.497 e. The van der Waals surface area contributed by atoms with Gasteiger partial charge in [0.25, 0.3) is 0 Å². The molecule has 6 nitrogen and oxygen atoms in total. The fourth-order valence-electron chi connectivity index (χ4n) is 1.98. The molecule has 0 fully saturated rings. The fraction of sp³-hybridized carbons (Fsp3) is 0.250. The third-order valence-electron chi connectivity index (χ3n) is 3.11. The second kappa shape index (κ2) is 4.85. The van der Waals surface area contributed by atoms with Crippen molar-refractivity contribution in [2.45, 2.75) is 5.41 Å². The molecule has 4 N–H and O–H groups in total. The summed E-state index contributed by atoms with van der Waals surface area (Å²) in [5, 5.41) is 12.5. The van der Waals surface area contributed by atoms with Gasteiger partial charge in [-0.25, -0.2) is 4.99 Å². The maximum absolute atomic E-state index is 11.7. The Bertz CT molecular complexity index is 556. The van der Waals surface area contributed by atoms with E-state index in [1.807, 2.05) is 0 Å². The maximum atomic E-state index is 11.7. The molecule has 0 saturated carbocycles. The molecule has 0 amide bonds. The second-order valence-electron chi connectivity index (χ2n) is 4.09. The molecule has 0 bridgehead atoms. The van der Waals surface area contributed by atoms with Crippen LogP contribution in [0, 0.1) is 0 Å². The molecule has 100 valence electrons. The van der Waals surface area contributed by atoms with E-state index < -0.39 is 11.4 Å². The van der Waals surface area contributed by atoms with Gasteiger partial charge in [0, 0.05) is 6.54 Å². The first-order valence-electron chi connectivity index (χ1n) is 5.51. The third kappa shape index (κ3) is 2.12. The van der Waals surface area contributed by atoms with Gasteiger partial charge in [-0.3, -0.25) is 4.79 Å². The quantitative estimate of drug-likeness (QED) is 0.687. The average molecular weight is 279 g/mol. The minimum atomic E-state index is -1.41. The van der Waals surface area contributed by atoms with E-state index in [-0.39, 0.29) is 17.5 Å². The van der Waals surface area contributed by atoms with Crippen LogP contribution >= 0.6 is 12.2 Å². The number of carbonyl (C=O) groups is 1. The van der Waals surface area contributed by atoms with Crippen LogP contribution in [-0.4, -0.2) is 35.7 Å². The molecule has 0 spiro atoms. The number of nitrogens with two attached hydrogens (primary N) is 1. The molecule has 1 aliphatic heterocycles. The fourth-order valence-corrected chi connectivity index (χ4v) is 2.15. The zero-order valence-electron chi connectivity index (χ0n) is 10.2. The molecule has 1 aliphatic rings. The Morgan fingerprint density at radius 3 is 2.63 bits per heavy atom. The third-order valence-corrected chi connectivity index (χ3v) is 3.35.